The Morgan fingerprint density at radius 2 is 2.33 bits per heavy atom. The molecule has 58 valence electrons. The van der Waals surface area contributed by atoms with Crippen LogP contribution in [0.5, 0.6) is 0 Å². The molecule has 3 aromatic rings. The van der Waals surface area contributed by atoms with Crippen LogP contribution in [0.4, 0.5) is 0 Å². The SMILES string of the molecule is c1cn2cnc3cc[nH]c3c2n1. The zero-order valence-electron chi connectivity index (χ0n) is 6.23. The van der Waals surface area contributed by atoms with Crippen LogP contribution < -0.4 is 0 Å². The summed E-state index contributed by atoms with van der Waals surface area (Å²) < 4.78 is 1.89. The van der Waals surface area contributed by atoms with E-state index >= 15 is 0 Å². The molecule has 0 radical (unpaired) electrons. The van der Waals surface area contributed by atoms with E-state index in [2.05, 4.69) is 15.0 Å². The van der Waals surface area contributed by atoms with Crippen molar-refractivity contribution >= 4 is 16.7 Å². The van der Waals surface area contributed by atoms with Crippen LogP contribution in [-0.4, -0.2) is 19.4 Å². The normalized spacial score (nSPS) is 11.3. The molecule has 4 heteroatoms. The van der Waals surface area contributed by atoms with E-state index in [4.69, 9.17) is 0 Å². The number of rotatable bonds is 0. The average molecular weight is 158 g/mol. The quantitative estimate of drug-likeness (QED) is 0.534. The highest BCUT2D eigenvalue weighted by Gasteiger charge is 2.01. The molecular weight excluding hydrogens is 152 g/mol. The number of H-pyrrole nitrogens is 1. The first-order valence-electron chi connectivity index (χ1n) is 3.70. The van der Waals surface area contributed by atoms with Gasteiger partial charge in [0.1, 0.15) is 11.8 Å². The van der Waals surface area contributed by atoms with Crippen LogP contribution in [0.3, 0.4) is 0 Å². The van der Waals surface area contributed by atoms with Crippen molar-refractivity contribution in [3.05, 3.63) is 31.0 Å². The highest BCUT2D eigenvalue weighted by atomic mass is 15.0. The molecule has 12 heavy (non-hydrogen) atoms. The van der Waals surface area contributed by atoms with Crippen LogP contribution in [0.15, 0.2) is 31.0 Å². The zero-order chi connectivity index (χ0) is 7.97. The zero-order valence-corrected chi connectivity index (χ0v) is 6.23. The van der Waals surface area contributed by atoms with Gasteiger partial charge in [0.2, 0.25) is 0 Å². The third-order valence-corrected chi connectivity index (χ3v) is 1.94. The number of imidazole rings is 1. The summed E-state index contributed by atoms with van der Waals surface area (Å²) in [6.07, 6.45) is 7.27. The number of fused-ring (bicyclic) bond motifs is 3. The molecule has 0 atom stereocenters. The molecule has 0 aliphatic carbocycles. The molecule has 0 unspecified atom stereocenters. The fraction of sp³-hybridized carbons (Fsp3) is 0. The monoisotopic (exact) mass is 158 g/mol. The molecule has 0 saturated heterocycles. The van der Waals surface area contributed by atoms with E-state index in [-0.39, 0.29) is 0 Å². The molecule has 0 aliphatic heterocycles. The summed E-state index contributed by atoms with van der Waals surface area (Å²) in [5, 5.41) is 0. The first-order valence-corrected chi connectivity index (χ1v) is 3.70. The molecule has 0 aliphatic rings. The topological polar surface area (TPSA) is 46.0 Å². The van der Waals surface area contributed by atoms with Crippen molar-refractivity contribution in [1.82, 2.24) is 19.4 Å². The van der Waals surface area contributed by atoms with Crippen LogP contribution in [0, 0.1) is 0 Å². The maximum absolute atomic E-state index is 4.23. The molecule has 3 aromatic heterocycles. The standard InChI is InChI=1S/C8H6N4/c1-2-9-7-6(1)11-5-12-4-3-10-8(7)12/h1-5,9H. The van der Waals surface area contributed by atoms with Crippen molar-refractivity contribution in [1.29, 1.82) is 0 Å². The highest BCUT2D eigenvalue weighted by Crippen LogP contribution is 2.13. The number of nitrogens with zero attached hydrogens (tertiary/aromatic N) is 3. The molecule has 0 fully saturated rings. The van der Waals surface area contributed by atoms with Gasteiger partial charge in [0.15, 0.2) is 5.65 Å². The number of nitrogens with one attached hydrogen (secondary N) is 1. The minimum atomic E-state index is 0.921. The second kappa shape index (κ2) is 1.85. The Morgan fingerprint density at radius 1 is 1.33 bits per heavy atom. The Bertz CT molecular complexity index is 484. The highest BCUT2D eigenvalue weighted by molar-refractivity contribution is 5.87. The van der Waals surface area contributed by atoms with Gasteiger partial charge >= 0.3 is 0 Å². The van der Waals surface area contributed by atoms with Crippen LogP contribution in [0.2, 0.25) is 0 Å². The summed E-state index contributed by atoms with van der Waals surface area (Å²) in [6.45, 7) is 0. The second-order valence-corrected chi connectivity index (χ2v) is 2.64. The van der Waals surface area contributed by atoms with Crippen molar-refractivity contribution in [3.8, 4) is 0 Å². The van der Waals surface area contributed by atoms with Crippen molar-refractivity contribution in [2.75, 3.05) is 0 Å². The molecular formula is C8H6N4. The number of hydrogen-bond donors (Lipinski definition) is 1. The van der Waals surface area contributed by atoms with Gasteiger partial charge in [0.05, 0.1) is 5.52 Å². The van der Waals surface area contributed by atoms with Gasteiger partial charge in [-0.2, -0.15) is 0 Å². The van der Waals surface area contributed by atoms with Gasteiger partial charge in [0.25, 0.3) is 0 Å². The second-order valence-electron chi connectivity index (χ2n) is 2.64. The summed E-state index contributed by atoms with van der Waals surface area (Å²) in [4.78, 5) is 11.5. The van der Waals surface area contributed by atoms with Gasteiger partial charge in [-0.15, -0.1) is 0 Å². The van der Waals surface area contributed by atoms with Crippen LogP contribution >= 0.6 is 0 Å². The van der Waals surface area contributed by atoms with Gasteiger partial charge in [-0.1, -0.05) is 0 Å². The van der Waals surface area contributed by atoms with Crippen LogP contribution in [0.1, 0.15) is 0 Å². The minimum Gasteiger partial charge on any atom is -0.357 e. The number of hydrogen-bond acceptors (Lipinski definition) is 2. The average Bonchev–Trinajstić information content (AvgIpc) is 2.71. The third kappa shape index (κ3) is 0.567. The van der Waals surface area contributed by atoms with Gasteiger partial charge < -0.3 is 4.98 Å². The predicted molar refractivity (Wildman–Crippen MR) is 44.8 cm³/mol. The van der Waals surface area contributed by atoms with Crippen LogP contribution in [-0.2, 0) is 0 Å². The van der Waals surface area contributed by atoms with Crippen molar-refractivity contribution in [2.24, 2.45) is 0 Å². The number of aromatic amines is 1. The summed E-state index contributed by atoms with van der Waals surface area (Å²) in [6, 6.07) is 1.93. The Kier molecular flexibility index (Phi) is 0.889. The van der Waals surface area contributed by atoms with E-state index in [1.807, 2.05) is 22.9 Å². The Labute approximate surface area is 67.9 Å². The van der Waals surface area contributed by atoms with E-state index < -0.39 is 0 Å². The first kappa shape index (κ1) is 5.77. The van der Waals surface area contributed by atoms with Gasteiger partial charge in [-0.3, -0.25) is 4.40 Å². The molecule has 3 heterocycles. The molecule has 3 rings (SSSR count). The fourth-order valence-electron chi connectivity index (χ4n) is 1.37. The molecule has 0 spiro atoms. The predicted octanol–water partition coefficient (Wildman–Crippen LogP) is 1.21. The summed E-state index contributed by atoms with van der Waals surface area (Å²) in [5.74, 6) is 0. The lowest BCUT2D eigenvalue weighted by molar-refractivity contribution is 1.12. The summed E-state index contributed by atoms with van der Waals surface area (Å²) in [5.41, 5.74) is 2.86. The van der Waals surface area contributed by atoms with E-state index in [0.717, 1.165) is 16.7 Å². The fourth-order valence-corrected chi connectivity index (χ4v) is 1.37. The Balaban J connectivity index is 2.71. The molecule has 0 aromatic carbocycles. The van der Waals surface area contributed by atoms with E-state index in [1.165, 1.54) is 0 Å². The maximum Gasteiger partial charge on any atom is 0.164 e. The Morgan fingerprint density at radius 3 is 3.33 bits per heavy atom. The van der Waals surface area contributed by atoms with E-state index in [9.17, 15) is 0 Å². The lowest BCUT2D eigenvalue weighted by Gasteiger charge is -1.92. The molecule has 0 bridgehead atoms. The van der Waals surface area contributed by atoms with Crippen LogP contribution in [0.25, 0.3) is 16.7 Å². The molecule has 4 nitrogen and oxygen atoms in total. The van der Waals surface area contributed by atoms with Crippen molar-refractivity contribution < 1.29 is 0 Å². The van der Waals surface area contributed by atoms with Gasteiger partial charge in [0, 0.05) is 18.6 Å². The van der Waals surface area contributed by atoms with Crippen molar-refractivity contribution in [2.45, 2.75) is 0 Å². The number of aromatic nitrogens is 4. The van der Waals surface area contributed by atoms with E-state index in [0.29, 0.717) is 0 Å². The molecule has 0 amide bonds. The summed E-state index contributed by atoms with van der Waals surface area (Å²) >= 11 is 0. The summed E-state index contributed by atoms with van der Waals surface area (Å²) in [7, 11) is 0. The smallest absolute Gasteiger partial charge is 0.164 e. The Hall–Kier alpha value is -1.84. The third-order valence-electron chi connectivity index (χ3n) is 1.94. The molecule has 0 saturated carbocycles. The molecule has 1 N–H and O–H groups in total. The van der Waals surface area contributed by atoms with Crippen molar-refractivity contribution in [3.63, 3.8) is 0 Å². The minimum absolute atomic E-state index is 0.921. The van der Waals surface area contributed by atoms with Gasteiger partial charge in [-0.05, 0) is 6.07 Å². The van der Waals surface area contributed by atoms with E-state index in [1.54, 1.807) is 12.5 Å². The lowest BCUT2D eigenvalue weighted by Crippen LogP contribution is -1.86. The lowest BCUT2D eigenvalue weighted by atomic mass is 10.4. The maximum atomic E-state index is 4.23. The largest absolute Gasteiger partial charge is 0.357 e. The first-order chi connectivity index (χ1) is 5.95. The van der Waals surface area contributed by atoms with Gasteiger partial charge in [-0.25, -0.2) is 9.97 Å².